The quantitative estimate of drug-likeness (QED) is 0.663. The second kappa shape index (κ2) is 5.44. The minimum atomic E-state index is -0.700. The Morgan fingerprint density at radius 1 is 1.11 bits per heavy atom. The van der Waals surface area contributed by atoms with Crippen LogP contribution in [-0.4, -0.2) is 0 Å². The van der Waals surface area contributed by atoms with Crippen molar-refractivity contribution in [3.8, 4) is 0 Å². The van der Waals surface area contributed by atoms with Gasteiger partial charge in [0, 0.05) is 10.6 Å². The fourth-order valence-electron chi connectivity index (χ4n) is 1.82. The van der Waals surface area contributed by atoms with Crippen molar-refractivity contribution in [1.29, 1.82) is 0 Å². The molecule has 5 heteroatoms. The van der Waals surface area contributed by atoms with Gasteiger partial charge >= 0.3 is 0 Å². The standard InChI is InChI=1S/C13H11ClF2N2/c14-10-5-2-6-11(16)12(10)13(18-17)8-3-1-4-9(15)7-8/h1-7,13,18H,17H2. The van der Waals surface area contributed by atoms with E-state index in [4.69, 9.17) is 17.4 Å². The summed E-state index contributed by atoms with van der Waals surface area (Å²) in [6.07, 6.45) is 0. The van der Waals surface area contributed by atoms with Crippen LogP contribution < -0.4 is 11.3 Å². The molecule has 3 N–H and O–H groups in total. The van der Waals surface area contributed by atoms with Crippen LogP contribution in [0.2, 0.25) is 5.02 Å². The zero-order chi connectivity index (χ0) is 13.1. The lowest BCUT2D eigenvalue weighted by Gasteiger charge is -2.18. The molecule has 18 heavy (non-hydrogen) atoms. The Balaban J connectivity index is 2.52. The third-order valence-corrected chi connectivity index (χ3v) is 2.97. The van der Waals surface area contributed by atoms with Gasteiger partial charge in [-0.2, -0.15) is 0 Å². The predicted octanol–water partition coefficient (Wildman–Crippen LogP) is 3.17. The van der Waals surface area contributed by atoms with Gasteiger partial charge in [0.1, 0.15) is 11.6 Å². The maximum absolute atomic E-state index is 13.8. The third-order valence-electron chi connectivity index (χ3n) is 2.64. The van der Waals surface area contributed by atoms with Crippen LogP contribution in [0.5, 0.6) is 0 Å². The van der Waals surface area contributed by atoms with Gasteiger partial charge in [0.25, 0.3) is 0 Å². The number of nitrogens with one attached hydrogen (secondary N) is 1. The lowest BCUT2D eigenvalue weighted by Crippen LogP contribution is -2.29. The first kappa shape index (κ1) is 13.0. The van der Waals surface area contributed by atoms with Gasteiger partial charge in [-0.25, -0.2) is 14.2 Å². The minimum Gasteiger partial charge on any atom is -0.271 e. The number of hydrazine groups is 1. The van der Waals surface area contributed by atoms with Crippen LogP contribution in [0.4, 0.5) is 8.78 Å². The fourth-order valence-corrected chi connectivity index (χ4v) is 2.09. The molecule has 0 aromatic heterocycles. The smallest absolute Gasteiger partial charge is 0.129 e. The summed E-state index contributed by atoms with van der Waals surface area (Å²) in [6.45, 7) is 0. The SMILES string of the molecule is NNC(c1cccc(F)c1)c1c(F)cccc1Cl. The number of nitrogens with two attached hydrogens (primary N) is 1. The summed E-state index contributed by atoms with van der Waals surface area (Å²) in [5, 5.41) is 0.238. The molecule has 0 heterocycles. The second-order valence-corrected chi connectivity index (χ2v) is 4.20. The van der Waals surface area contributed by atoms with Crippen molar-refractivity contribution in [2.75, 3.05) is 0 Å². The summed E-state index contributed by atoms with van der Waals surface area (Å²) in [5.41, 5.74) is 3.16. The molecule has 0 saturated heterocycles. The number of hydrogen-bond donors (Lipinski definition) is 2. The third kappa shape index (κ3) is 2.51. The van der Waals surface area contributed by atoms with Gasteiger partial charge in [0.15, 0.2) is 0 Å². The molecular weight excluding hydrogens is 258 g/mol. The van der Waals surface area contributed by atoms with Crippen LogP contribution in [0.15, 0.2) is 42.5 Å². The second-order valence-electron chi connectivity index (χ2n) is 3.79. The molecule has 0 bridgehead atoms. The summed E-state index contributed by atoms with van der Waals surface area (Å²) in [7, 11) is 0. The Hall–Kier alpha value is -1.49. The van der Waals surface area contributed by atoms with Gasteiger partial charge < -0.3 is 0 Å². The molecule has 0 saturated carbocycles. The highest BCUT2D eigenvalue weighted by atomic mass is 35.5. The van der Waals surface area contributed by atoms with Crippen molar-refractivity contribution in [3.63, 3.8) is 0 Å². The molecule has 0 radical (unpaired) electrons. The monoisotopic (exact) mass is 268 g/mol. The number of benzene rings is 2. The topological polar surface area (TPSA) is 38.0 Å². The summed E-state index contributed by atoms with van der Waals surface area (Å²) in [6, 6.07) is 9.41. The Bertz CT molecular complexity index is 540. The van der Waals surface area contributed by atoms with Gasteiger partial charge in [-0.05, 0) is 29.8 Å². The molecule has 2 aromatic carbocycles. The lowest BCUT2D eigenvalue weighted by molar-refractivity contribution is 0.556. The molecule has 2 aromatic rings. The number of halogens is 3. The van der Waals surface area contributed by atoms with E-state index in [2.05, 4.69) is 5.43 Å². The van der Waals surface area contributed by atoms with Crippen LogP contribution in [0.1, 0.15) is 17.2 Å². The van der Waals surface area contributed by atoms with E-state index in [-0.39, 0.29) is 10.6 Å². The minimum absolute atomic E-state index is 0.201. The predicted molar refractivity (Wildman–Crippen MR) is 67.0 cm³/mol. The normalized spacial score (nSPS) is 12.4. The molecule has 1 unspecified atom stereocenters. The van der Waals surface area contributed by atoms with Crippen LogP contribution >= 0.6 is 11.6 Å². The highest BCUT2D eigenvalue weighted by Crippen LogP contribution is 2.30. The largest absolute Gasteiger partial charge is 0.271 e. The van der Waals surface area contributed by atoms with Crippen molar-refractivity contribution in [1.82, 2.24) is 5.43 Å². The highest BCUT2D eigenvalue weighted by molar-refractivity contribution is 6.31. The van der Waals surface area contributed by atoms with Crippen LogP contribution in [0.3, 0.4) is 0 Å². The molecule has 94 valence electrons. The van der Waals surface area contributed by atoms with E-state index >= 15 is 0 Å². The van der Waals surface area contributed by atoms with E-state index in [0.29, 0.717) is 5.56 Å². The van der Waals surface area contributed by atoms with Crippen molar-refractivity contribution < 1.29 is 8.78 Å². The summed E-state index contributed by atoms with van der Waals surface area (Å²) < 4.78 is 27.0. The first-order valence-corrected chi connectivity index (χ1v) is 5.66. The van der Waals surface area contributed by atoms with Gasteiger partial charge in [-0.1, -0.05) is 29.8 Å². The molecule has 2 nitrogen and oxygen atoms in total. The van der Waals surface area contributed by atoms with Crippen molar-refractivity contribution in [2.45, 2.75) is 6.04 Å². The number of hydrogen-bond acceptors (Lipinski definition) is 2. The summed E-state index contributed by atoms with van der Waals surface area (Å²) in [5.74, 6) is 4.52. The molecule has 0 aliphatic heterocycles. The van der Waals surface area contributed by atoms with E-state index in [1.807, 2.05) is 0 Å². The molecule has 0 aliphatic carbocycles. The van der Waals surface area contributed by atoms with Crippen molar-refractivity contribution >= 4 is 11.6 Å². The van der Waals surface area contributed by atoms with Crippen molar-refractivity contribution in [2.24, 2.45) is 5.84 Å². The molecule has 0 spiro atoms. The Morgan fingerprint density at radius 3 is 2.44 bits per heavy atom. The van der Waals surface area contributed by atoms with E-state index in [1.54, 1.807) is 12.1 Å². The Morgan fingerprint density at radius 2 is 1.83 bits per heavy atom. The zero-order valence-corrected chi connectivity index (χ0v) is 10.1. The Labute approximate surface area is 108 Å². The van der Waals surface area contributed by atoms with Gasteiger partial charge in [0.05, 0.1) is 6.04 Å². The molecular formula is C13H11ClF2N2. The van der Waals surface area contributed by atoms with Crippen LogP contribution in [-0.2, 0) is 0 Å². The fraction of sp³-hybridized carbons (Fsp3) is 0.0769. The number of rotatable bonds is 3. The summed E-state index contributed by atoms with van der Waals surface area (Å²) in [4.78, 5) is 0. The average molecular weight is 269 g/mol. The van der Waals surface area contributed by atoms with E-state index in [0.717, 1.165) is 0 Å². The van der Waals surface area contributed by atoms with E-state index < -0.39 is 17.7 Å². The molecule has 0 aliphatic rings. The average Bonchev–Trinajstić information content (AvgIpc) is 2.34. The van der Waals surface area contributed by atoms with E-state index in [9.17, 15) is 8.78 Å². The molecule has 0 amide bonds. The summed E-state index contributed by atoms with van der Waals surface area (Å²) >= 11 is 5.96. The first-order chi connectivity index (χ1) is 8.63. The van der Waals surface area contributed by atoms with Crippen molar-refractivity contribution in [3.05, 3.63) is 70.2 Å². The van der Waals surface area contributed by atoms with Gasteiger partial charge in [-0.15, -0.1) is 0 Å². The molecule has 2 rings (SSSR count). The molecule has 0 fully saturated rings. The highest BCUT2D eigenvalue weighted by Gasteiger charge is 2.19. The lowest BCUT2D eigenvalue weighted by atomic mass is 9.98. The van der Waals surface area contributed by atoms with E-state index in [1.165, 1.54) is 30.3 Å². The maximum Gasteiger partial charge on any atom is 0.129 e. The molecule has 1 atom stereocenters. The maximum atomic E-state index is 13.8. The van der Waals surface area contributed by atoms with Crippen LogP contribution in [0, 0.1) is 11.6 Å². The van der Waals surface area contributed by atoms with Crippen LogP contribution in [0.25, 0.3) is 0 Å². The first-order valence-electron chi connectivity index (χ1n) is 5.29. The zero-order valence-electron chi connectivity index (χ0n) is 9.33. The van der Waals surface area contributed by atoms with Gasteiger partial charge in [-0.3, -0.25) is 5.84 Å². The van der Waals surface area contributed by atoms with Gasteiger partial charge in [0.2, 0.25) is 0 Å². The Kier molecular flexibility index (Phi) is 3.91.